The second-order valence-electron chi connectivity index (χ2n) is 7.90. The van der Waals surface area contributed by atoms with Crippen LogP contribution in [0.25, 0.3) is 0 Å². The normalized spacial score (nSPS) is 20.5. The van der Waals surface area contributed by atoms with E-state index >= 15 is 0 Å². The predicted molar refractivity (Wildman–Crippen MR) is 80.9 cm³/mol. The van der Waals surface area contributed by atoms with E-state index < -0.39 is 0 Å². The summed E-state index contributed by atoms with van der Waals surface area (Å²) < 4.78 is 0. The Morgan fingerprint density at radius 2 is 1.72 bits per heavy atom. The Hall–Kier alpha value is -0.0800. The Morgan fingerprint density at radius 1 is 1.17 bits per heavy atom. The van der Waals surface area contributed by atoms with Crippen molar-refractivity contribution in [3.8, 4) is 0 Å². The van der Waals surface area contributed by atoms with Gasteiger partial charge in [-0.2, -0.15) is 0 Å². The Labute approximate surface area is 115 Å². The van der Waals surface area contributed by atoms with Crippen LogP contribution in [0.15, 0.2) is 0 Å². The summed E-state index contributed by atoms with van der Waals surface area (Å²) in [6.07, 6.45) is 1.34. The highest BCUT2D eigenvalue weighted by molar-refractivity contribution is 4.88. The van der Waals surface area contributed by atoms with Crippen molar-refractivity contribution in [3.05, 3.63) is 0 Å². The van der Waals surface area contributed by atoms with Crippen LogP contribution in [-0.2, 0) is 0 Å². The van der Waals surface area contributed by atoms with Gasteiger partial charge in [0.1, 0.15) is 0 Å². The zero-order valence-corrected chi connectivity index (χ0v) is 13.7. The van der Waals surface area contributed by atoms with Gasteiger partial charge in [-0.05, 0) is 37.3 Å². The molecule has 1 atom stereocenters. The summed E-state index contributed by atoms with van der Waals surface area (Å²) in [6, 6.07) is 0.798. The summed E-state index contributed by atoms with van der Waals surface area (Å²) >= 11 is 0. The zero-order valence-electron chi connectivity index (χ0n) is 13.7. The minimum atomic E-state index is 0.440. The maximum atomic E-state index is 2.59. The molecule has 1 unspecified atom stereocenters. The van der Waals surface area contributed by atoms with Crippen molar-refractivity contribution in [3.63, 3.8) is 0 Å². The first kappa shape index (κ1) is 16.0. The van der Waals surface area contributed by atoms with Crippen molar-refractivity contribution < 1.29 is 0 Å². The van der Waals surface area contributed by atoms with Gasteiger partial charge >= 0.3 is 0 Å². The second-order valence-corrected chi connectivity index (χ2v) is 7.90. The Morgan fingerprint density at radius 3 is 2.17 bits per heavy atom. The van der Waals surface area contributed by atoms with Crippen molar-refractivity contribution >= 4 is 0 Å². The summed E-state index contributed by atoms with van der Waals surface area (Å²) in [5.41, 5.74) is 0.440. The molecule has 1 aliphatic heterocycles. The molecule has 0 radical (unpaired) electrons. The minimum absolute atomic E-state index is 0.440. The first-order valence-electron chi connectivity index (χ1n) is 7.61. The van der Waals surface area contributed by atoms with Crippen molar-refractivity contribution in [2.24, 2.45) is 17.3 Å². The number of hydrogen-bond acceptors (Lipinski definition) is 2. The van der Waals surface area contributed by atoms with Crippen molar-refractivity contribution in [2.45, 2.75) is 54.0 Å². The topological polar surface area (TPSA) is 6.48 Å². The monoisotopic (exact) mass is 254 g/mol. The Bertz CT molecular complexity index is 236. The van der Waals surface area contributed by atoms with Gasteiger partial charge in [0, 0.05) is 25.7 Å². The van der Waals surface area contributed by atoms with Gasteiger partial charge in [-0.15, -0.1) is 0 Å². The third-order valence-electron chi connectivity index (χ3n) is 4.33. The van der Waals surface area contributed by atoms with E-state index in [9.17, 15) is 0 Å². The van der Waals surface area contributed by atoms with Crippen molar-refractivity contribution in [1.82, 2.24) is 9.80 Å². The zero-order chi connectivity index (χ0) is 13.9. The fraction of sp³-hybridized carbons (Fsp3) is 1.00. The van der Waals surface area contributed by atoms with Gasteiger partial charge in [-0.25, -0.2) is 0 Å². The lowest BCUT2D eigenvalue weighted by Crippen LogP contribution is -2.59. The SMILES string of the molecule is CC(C)C(C)CCN(C)C1CN(CC(C)(C)C)C1. The standard InChI is InChI=1S/C16H34N2/c1-13(2)14(3)8-9-17(7)15-10-18(11-15)12-16(4,5)6/h13-15H,8-12H2,1-7H3. The van der Waals surface area contributed by atoms with Crippen LogP contribution in [0.3, 0.4) is 0 Å². The van der Waals surface area contributed by atoms with Crippen LogP contribution in [0.1, 0.15) is 48.0 Å². The van der Waals surface area contributed by atoms with Crippen LogP contribution in [-0.4, -0.2) is 49.1 Å². The van der Waals surface area contributed by atoms with E-state index in [1.54, 1.807) is 0 Å². The summed E-state index contributed by atoms with van der Waals surface area (Å²) in [6.45, 7) is 19.1. The van der Waals surface area contributed by atoms with Gasteiger partial charge in [-0.3, -0.25) is 4.90 Å². The molecular formula is C16H34N2. The molecule has 1 fully saturated rings. The van der Waals surface area contributed by atoms with Gasteiger partial charge < -0.3 is 4.90 Å². The van der Waals surface area contributed by atoms with E-state index in [2.05, 4.69) is 58.4 Å². The molecule has 0 N–H and O–H groups in total. The van der Waals surface area contributed by atoms with Gasteiger partial charge in [0.2, 0.25) is 0 Å². The number of hydrogen-bond donors (Lipinski definition) is 0. The largest absolute Gasteiger partial charge is 0.301 e. The van der Waals surface area contributed by atoms with Crippen LogP contribution < -0.4 is 0 Å². The van der Waals surface area contributed by atoms with Gasteiger partial charge in [-0.1, -0.05) is 41.5 Å². The molecule has 0 saturated carbocycles. The summed E-state index contributed by atoms with van der Waals surface area (Å²) in [7, 11) is 2.30. The Balaban J connectivity index is 2.17. The van der Waals surface area contributed by atoms with Crippen molar-refractivity contribution in [2.75, 3.05) is 33.2 Å². The van der Waals surface area contributed by atoms with Crippen LogP contribution in [0, 0.1) is 17.3 Å². The average Bonchev–Trinajstić information content (AvgIpc) is 2.17. The van der Waals surface area contributed by atoms with E-state index in [1.165, 1.54) is 32.6 Å². The van der Waals surface area contributed by atoms with E-state index in [0.29, 0.717) is 5.41 Å². The molecule has 0 spiro atoms. The maximum absolute atomic E-state index is 2.59. The molecule has 108 valence electrons. The predicted octanol–water partition coefficient (Wildman–Crippen LogP) is 3.33. The molecule has 0 bridgehead atoms. The molecule has 1 rings (SSSR count). The minimum Gasteiger partial charge on any atom is -0.301 e. The molecule has 0 aromatic carbocycles. The molecule has 1 heterocycles. The van der Waals surface area contributed by atoms with E-state index in [1.807, 2.05) is 0 Å². The molecule has 2 nitrogen and oxygen atoms in total. The maximum Gasteiger partial charge on any atom is 0.0347 e. The lowest BCUT2D eigenvalue weighted by Gasteiger charge is -2.46. The molecule has 2 heteroatoms. The first-order valence-corrected chi connectivity index (χ1v) is 7.61. The van der Waals surface area contributed by atoms with Crippen LogP contribution in [0.4, 0.5) is 0 Å². The highest BCUT2D eigenvalue weighted by Gasteiger charge is 2.31. The number of rotatable bonds is 6. The quantitative estimate of drug-likeness (QED) is 0.717. The van der Waals surface area contributed by atoms with Gasteiger partial charge in [0.25, 0.3) is 0 Å². The smallest absolute Gasteiger partial charge is 0.0347 e. The lowest BCUT2D eigenvalue weighted by atomic mass is 9.92. The molecule has 0 aromatic rings. The summed E-state index contributed by atoms with van der Waals surface area (Å²) in [4.78, 5) is 5.16. The summed E-state index contributed by atoms with van der Waals surface area (Å²) in [5.74, 6) is 1.66. The van der Waals surface area contributed by atoms with E-state index in [-0.39, 0.29) is 0 Å². The van der Waals surface area contributed by atoms with Crippen molar-refractivity contribution in [1.29, 1.82) is 0 Å². The number of likely N-dealkylation sites (tertiary alicyclic amines) is 1. The number of likely N-dealkylation sites (N-methyl/N-ethyl adjacent to an activating group) is 1. The fourth-order valence-electron chi connectivity index (χ4n) is 2.54. The molecule has 18 heavy (non-hydrogen) atoms. The third kappa shape index (κ3) is 5.27. The molecular weight excluding hydrogens is 220 g/mol. The average molecular weight is 254 g/mol. The second kappa shape index (κ2) is 6.38. The van der Waals surface area contributed by atoms with E-state index in [0.717, 1.165) is 17.9 Å². The van der Waals surface area contributed by atoms with Crippen LogP contribution >= 0.6 is 0 Å². The van der Waals surface area contributed by atoms with Gasteiger partial charge in [0.15, 0.2) is 0 Å². The highest BCUT2D eigenvalue weighted by atomic mass is 15.3. The van der Waals surface area contributed by atoms with Crippen LogP contribution in [0.2, 0.25) is 0 Å². The molecule has 0 aliphatic carbocycles. The Kier molecular flexibility index (Phi) is 5.67. The van der Waals surface area contributed by atoms with Gasteiger partial charge in [0.05, 0.1) is 0 Å². The third-order valence-corrected chi connectivity index (χ3v) is 4.33. The molecule has 1 aliphatic rings. The van der Waals surface area contributed by atoms with E-state index in [4.69, 9.17) is 0 Å². The fourth-order valence-corrected chi connectivity index (χ4v) is 2.54. The summed E-state index contributed by atoms with van der Waals surface area (Å²) in [5, 5.41) is 0. The van der Waals surface area contributed by atoms with Crippen LogP contribution in [0.5, 0.6) is 0 Å². The molecule has 0 amide bonds. The highest BCUT2D eigenvalue weighted by Crippen LogP contribution is 2.22. The lowest BCUT2D eigenvalue weighted by molar-refractivity contribution is 0.0240. The number of nitrogens with zero attached hydrogens (tertiary/aromatic N) is 2. The molecule has 0 aromatic heterocycles. The first-order chi connectivity index (χ1) is 8.19. The molecule has 1 saturated heterocycles.